The van der Waals surface area contributed by atoms with Gasteiger partial charge in [0.2, 0.25) is 17.8 Å². The van der Waals surface area contributed by atoms with Gasteiger partial charge < -0.3 is 15.0 Å². The number of carbonyl (C=O) groups is 2. The minimum absolute atomic E-state index is 0.0141. The molecule has 1 aromatic heterocycles. The van der Waals surface area contributed by atoms with Gasteiger partial charge in [0.1, 0.15) is 6.54 Å². The zero-order chi connectivity index (χ0) is 20.4. The Hall–Kier alpha value is -2.59. The molecule has 1 fully saturated rings. The zero-order valence-electron chi connectivity index (χ0n) is 16.5. The summed E-state index contributed by atoms with van der Waals surface area (Å²) in [6, 6.07) is 7.33. The van der Waals surface area contributed by atoms with Crippen LogP contribution in [0.4, 0.5) is 17.3 Å². The molecule has 0 aliphatic carbocycles. The second kappa shape index (κ2) is 8.42. The first kappa shape index (κ1) is 19.7. The number of ether oxygens (including phenoxy) is 1. The molecule has 2 aromatic rings. The van der Waals surface area contributed by atoms with E-state index >= 15 is 0 Å². The van der Waals surface area contributed by atoms with Crippen molar-refractivity contribution in [2.75, 3.05) is 48.0 Å². The van der Waals surface area contributed by atoms with Gasteiger partial charge in [-0.25, -0.2) is 0 Å². The Labute approximate surface area is 173 Å². The van der Waals surface area contributed by atoms with Crippen LogP contribution in [-0.2, 0) is 20.9 Å². The average molecular weight is 417 g/mol. The minimum atomic E-state index is -0.416. The van der Waals surface area contributed by atoms with E-state index in [9.17, 15) is 9.59 Å². The first-order chi connectivity index (χ1) is 14.1. The van der Waals surface area contributed by atoms with Gasteiger partial charge in [-0.2, -0.15) is 0 Å². The molecule has 4 rings (SSSR count). The van der Waals surface area contributed by atoms with Gasteiger partial charge in [-0.3, -0.25) is 19.1 Å². The fraction of sp³-hybridized carbons (Fsp3) is 0.474. The van der Waals surface area contributed by atoms with Crippen LogP contribution >= 0.6 is 11.8 Å². The third kappa shape index (κ3) is 3.95. The van der Waals surface area contributed by atoms with Crippen LogP contribution in [0.2, 0.25) is 0 Å². The van der Waals surface area contributed by atoms with Gasteiger partial charge in [0, 0.05) is 19.6 Å². The highest BCUT2D eigenvalue weighted by molar-refractivity contribution is 8.00. The van der Waals surface area contributed by atoms with Crippen LogP contribution in [0.15, 0.2) is 29.4 Å². The third-order valence-corrected chi connectivity index (χ3v) is 6.04. The van der Waals surface area contributed by atoms with Gasteiger partial charge in [0.15, 0.2) is 5.16 Å². The maximum absolute atomic E-state index is 13.2. The Morgan fingerprint density at radius 2 is 2.03 bits per heavy atom. The largest absolute Gasteiger partial charge is 0.378 e. The molecule has 1 aromatic carbocycles. The normalized spacial score (nSPS) is 17.7. The second-order valence-electron chi connectivity index (χ2n) is 6.88. The van der Waals surface area contributed by atoms with Crippen molar-refractivity contribution in [1.29, 1.82) is 0 Å². The number of hydrogen-bond donors (Lipinski definition) is 1. The number of benzene rings is 1. The Bertz CT molecular complexity index is 911. The summed E-state index contributed by atoms with van der Waals surface area (Å²) in [6.45, 7) is 7.49. The molecule has 0 spiro atoms. The van der Waals surface area contributed by atoms with E-state index in [1.54, 1.807) is 11.0 Å². The van der Waals surface area contributed by atoms with E-state index in [2.05, 4.69) is 20.4 Å². The first-order valence-electron chi connectivity index (χ1n) is 9.71. The zero-order valence-corrected chi connectivity index (χ0v) is 17.3. The molecule has 2 aliphatic heterocycles. The number of amides is 2. The van der Waals surface area contributed by atoms with Gasteiger partial charge in [0.25, 0.3) is 0 Å². The molecule has 9 nitrogen and oxygen atoms in total. The summed E-state index contributed by atoms with van der Waals surface area (Å²) in [5.74, 6) is 0.483. The topological polar surface area (TPSA) is 92.6 Å². The number of nitrogens with zero attached hydrogens (tertiary/aromatic N) is 5. The predicted molar refractivity (Wildman–Crippen MR) is 111 cm³/mol. The van der Waals surface area contributed by atoms with E-state index in [1.165, 1.54) is 11.8 Å². The van der Waals surface area contributed by atoms with Crippen LogP contribution in [0, 0.1) is 0 Å². The predicted octanol–water partition coefficient (Wildman–Crippen LogP) is 1.60. The second-order valence-corrected chi connectivity index (χ2v) is 8.18. The van der Waals surface area contributed by atoms with Crippen molar-refractivity contribution >= 4 is 40.9 Å². The molecule has 0 unspecified atom stereocenters. The lowest BCUT2D eigenvalue weighted by Gasteiger charge is -2.31. The Morgan fingerprint density at radius 3 is 2.79 bits per heavy atom. The number of para-hydroxylation sites is 2. The fourth-order valence-corrected chi connectivity index (χ4v) is 4.47. The van der Waals surface area contributed by atoms with E-state index in [-0.39, 0.29) is 18.4 Å². The van der Waals surface area contributed by atoms with E-state index in [1.807, 2.05) is 36.6 Å². The number of fused-ring (bicyclic) bond motifs is 1. The van der Waals surface area contributed by atoms with Crippen molar-refractivity contribution in [1.82, 2.24) is 14.8 Å². The maximum atomic E-state index is 13.2. The number of anilines is 3. The van der Waals surface area contributed by atoms with Crippen molar-refractivity contribution in [2.45, 2.75) is 30.8 Å². The minimum Gasteiger partial charge on any atom is -0.378 e. The fourth-order valence-electron chi connectivity index (χ4n) is 3.50. The molecular weight excluding hydrogens is 392 g/mol. The van der Waals surface area contributed by atoms with Gasteiger partial charge >= 0.3 is 0 Å². The third-order valence-electron chi connectivity index (χ3n) is 4.97. The maximum Gasteiger partial charge on any atom is 0.244 e. The number of carbonyl (C=O) groups excluding carboxylic acids is 2. The number of thioether (sulfide) groups is 1. The molecule has 1 N–H and O–H groups in total. The van der Waals surface area contributed by atoms with E-state index < -0.39 is 5.25 Å². The van der Waals surface area contributed by atoms with Crippen molar-refractivity contribution < 1.29 is 14.3 Å². The summed E-state index contributed by atoms with van der Waals surface area (Å²) in [5.41, 5.74) is 1.37. The van der Waals surface area contributed by atoms with E-state index in [0.29, 0.717) is 30.6 Å². The molecule has 2 aliphatic rings. The van der Waals surface area contributed by atoms with Crippen LogP contribution in [-0.4, -0.2) is 64.7 Å². The Balaban J connectivity index is 1.52. The molecule has 29 heavy (non-hydrogen) atoms. The molecule has 10 heteroatoms. The number of morpholine rings is 1. The Morgan fingerprint density at radius 1 is 1.28 bits per heavy atom. The molecule has 3 heterocycles. The molecule has 0 saturated carbocycles. The monoisotopic (exact) mass is 416 g/mol. The summed E-state index contributed by atoms with van der Waals surface area (Å²) >= 11 is 1.37. The lowest BCUT2D eigenvalue weighted by molar-refractivity contribution is -0.121. The van der Waals surface area contributed by atoms with Gasteiger partial charge in [0.05, 0.1) is 29.8 Å². The highest BCUT2D eigenvalue weighted by atomic mass is 32.2. The lowest BCUT2D eigenvalue weighted by Crippen LogP contribution is -2.45. The van der Waals surface area contributed by atoms with Gasteiger partial charge in [-0.15, -0.1) is 10.2 Å². The lowest BCUT2D eigenvalue weighted by atomic mass is 10.2. The summed E-state index contributed by atoms with van der Waals surface area (Å²) in [4.78, 5) is 28.9. The summed E-state index contributed by atoms with van der Waals surface area (Å²) in [6.07, 6.45) is 0. The summed E-state index contributed by atoms with van der Waals surface area (Å²) < 4.78 is 7.44. The quantitative estimate of drug-likeness (QED) is 0.740. The molecule has 0 radical (unpaired) electrons. The number of hydrogen-bond acceptors (Lipinski definition) is 7. The number of nitrogens with one attached hydrogen (secondary N) is 1. The van der Waals surface area contributed by atoms with Crippen LogP contribution < -0.4 is 15.1 Å². The van der Waals surface area contributed by atoms with Crippen LogP contribution in [0.5, 0.6) is 0 Å². The average Bonchev–Trinajstić information content (AvgIpc) is 3.15. The standard InChI is InChI=1S/C19H24N6O3S/c1-3-24-18(23-8-10-28-11-9-23)21-22-19(24)29-13(2)17(27)25-12-16(26)20-14-6-4-5-7-15(14)25/h4-7,13H,3,8-12H2,1-2H3,(H,20,26)/t13-/m1/s1. The molecular formula is C19H24N6O3S. The molecule has 1 atom stereocenters. The SMILES string of the molecule is CCn1c(S[C@H](C)C(=O)N2CC(=O)Nc3ccccc32)nnc1N1CCOCC1. The van der Waals surface area contributed by atoms with Crippen LogP contribution in [0.3, 0.4) is 0 Å². The van der Waals surface area contributed by atoms with Crippen LogP contribution in [0.25, 0.3) is 0 Å². The number of rotatable bonds is 5. The molecule has 1 saturated heterocycles. The Kier molecular flexibility index (Phi) is 5.72. The summed E-state index contributed by atoms with van der Waals surface area (Å²) in [5, 5.41) is 11.8. The van der Waals surface area contributed by atoms with Crippen molar-refractivity contribution in [3.05, 3.63) is 24.3 Å². The summed E-state index contributed by atoms with van der Waals surface area (Å²) in [7, 11) is 0. The van der Waals surface area contributed by atoms with E-state index in [4.69, 9.17) is 4.74 Å². The van der Waals surface area contributed by atoms with Crippen molar-refractivity contribution in [2.24, 2.45) is 0 Å². The van der Waals surface area contributed by atoms with E-state index in [0.717, 1.165) is 24.7 Å². The highest BCUT2D eigenvalue weighted by Crippen LogP contribution is 2.32. The van der Waals surface area contributed by atoms with Crippen LogP contribution in [0.1, 0.15) is 13.8 Å². The van der Waals surface area contributed by atoms with Gasteiger partial charge in [-0.1, -0.05) is 23.9 Å². The first-order valence-corrected chi connectivity index (χ1v) is 10.6. The smallest absolute Gasteiger partial charge is 0.244 e. The molecule has 0 bridgehead atoms. The van der Waals surface area contributed by atoms with Crippen molar-refractivity contribution in [3.8, 4) is 0 Å². The van der Waals surface area contributed by atoms with Gasteiger partial charge in [-0.05, 0) is 26.0 Å². The molecule has 154 valence electrons. The number of aromatic nitrogens is 3. The highest BCUT2D eigenvalue weighted by Gasteiger charge is 2.31. The molecule has 2 amide bonds. The van der Waals surface area contributed by atoms with Crippen molar-refractivity contribution in [3.63, 3.8) is 0 Å².